The average Bonchev–Trinajstić information content (AvgIpc) is 2.41. The van der Waals surface area contributed by atoms with E-state index in [0.717, 1.165) is 0 Å². The number of hydrogen-bond donors (Lipinski definition) is 2. The fourth-order valence-corrected chi connectivity index (χ4v) is 3.13. The monoisotopic (exact) mass is 372 g/mol. The number of sulfonamides is 1. The lowest BCUT2D eigenvalue weighted by molar-refractivity contribution is 0.0901. The Morgan fingerprint density at radius 3 is 2.68 bits per heavy atom. The van der Waals surface area contributed by atoms with Gasteiger partial charge < -0.3 is 15.2 Å². The van der Waals surface area contributed by atoms with Crippen molar-refractivity contribution in [2.45, 2.75) is 24.3 Å². The van der Waals surface area contributed by atoms with E-state index in [0.29, 0.717) is 24.6 Å². The molecule has 1 atom stereocenters. The average molecular weight is 373 g/mol. The van der Waals surface area contributed by atoms with Gasteiger partial charge in [-0.1, -0.05) is 11.6 Å². The van der Waals surface area contributed by atoms with Crippen molar-refractivity contribution in [1.82, 2.24) is 4.72 Å². The second-order valence-corrected chi connectivity index (χ2v) is 6.69. The van der Waals surface area contributed by atoms with Crippen molar-refractivity contribution in [3.8, 4) is 5.75 Å². The van der Waals surface area contributed by atoms with Crippen LogP contribution in [0.4, 0.5) is 0 Å². The molecule has 0 fully saturated rings. The summed E-state index contributed by atoms with van der Waals surface area (Å²) in [5.74, 6) is 0.240. The molecular formula is C13H22Cl2N2O4S. The van der Waals surface area contributed by atoms with Crippen LogP contribution in [-0.2, 0) is 14.8 Å². The molecule has 0 heterocycles. The Hall–Kier alpha value is -0.570. The highest BCUT2D eigenvalue weighted by molar-refractivity contribution is 7.89. The minimum absolute atomic E-state index is 0. The SMILES string of the molecule is COCC(C)Oc1ccc(Cl)cc1S(=O)(=O)NCCCN.Cl. The van der Waals surface area contributed by atoms with E-state index in [9.17, 15) is 8.42 Å². The van der Waals surface area contributed by atoms with Crippen LogP contribution in [0.2, 0.25) is 5.02 Å². The molecule has 1 aromatic carbocycles. The van der Waals surface area contributed by atoms with E-state index < -0.39 is 10.0 Å². The van der Waals surface area contributed by atoms with E-state index in [-0.39, 0.29) is 35.7 Å². The first-order valence-corrected chi connectivity index (χ1v) is 8.41. The Morgan fingerprint density at radius 1 is 1.41 bits per heavy atom. The Kier molecular flexibility index (Phi) is 9.99. The second-order valence-electron chi connectivity index (χ2n) is 4.51. The normalized spacial score (nSPS) is 12.5. The van der Waals surface area contributed by atoms with Crippen molar-refractivity contribution in [3.63, 3.8) is 0 Å². The molecule has 0 amide bonds. The molecule has 0 aliphatic rings. The van der Waals surface area contributed by atoms with Crippen molar-refractivity contribution in [2.24, 2.45) is 5.73 Å². The zero-order chi connectivity index (χ0) is 15.9. The van der Waals surface area contributed by atoms with Gasteiger partial charge in [-0.25, -0.2) is 13.1 Å². The van der Waals surface area contributed by atoms with Crippen LogP contribution in [0.1, 0.15) is 13.3 Å². The minimum atomic E-state index is -3.70. The quantitative estimate of drug-likeness (QED) is 0.645. The predicted octanol–water partition coefficient (Wildman–Crippen LogP) is 1.80. The van der Waals surface area contributed by atoms with Gasteiger partial charge in [0.1, 0.15) is 16.7 Å². The molecule has 0 bridgehead atoms. The number of nitrogens with two attached hydrogens (primary N) is 1. The highest BCUT2D eigenvalue weighted by Crippen LogP contribution is 2.28. The number of halogens is 2. The van der Waals surface area contributed by atoms with E-state index in [1.807, 2.05) is 0 Å². The van der Waals surface area contributed by atoms with E-state index in [1.165, 1.54) is 12.1 Å². The predicted molar refractivity (Wildman–Crippen MR) is 89.5 cm³/mol. The minimum Gasteiger partial charge on any atom is -0.487 e. The molecule has 0 saturated heterocycles. The third-order valence-electron chi connectivity index (χ3n) is 2.60. The van der Waals surface area contributed by atoms with Crippen molar-refractivity contribution in [2.75, 3.05) is 26.8 Å². The summed E-state index contributed by atoms with van der Waals surface area (Å²) >= 11 is 5.89. The number of ether oxygens (including phenoxy) is 2. The summed E-state index contributed by atoms with van der Waals surface area (Å²) in [6.45, 7) is 2.81. The van der Waals surface area contributed by atoms with Crippen molar-refractivity contribution in [1.29, 1.82) is 0 Å². The molecule has 3 N–H and O–H groups in total. The van der Waals surface area contributed by atoms with Crippen LogP contribution in [0, 0.1) is 0 Å². The maximum Gasteiger partial charge on any atom is 0.244 e. The fraction of sp³-hybridized carbons (Fsp3) is 0.538. The molecule has 128 valence electrons. The van der Waals surface area contributed by atoms with Crippen molar-refractivity contribution in [3.05, 3.63) is 23.2 Å². The lowest BCUT2D eigenvalue weighted by Crippen LogP contribution is -2.27. The van der Waals surface area contributed by atoms with Crippen LogP contribution < -0.4 is 15.2 Å². The summed E-state index contributed by atoms with van der Waals surface area (Å²) in [5.41, 5.74) is 5.36. The van der Waals surface area contributed by atoms with Crippen molar-refractivity contribution >= 4 is 34.0 Å². The van der Waals surface area contributed by atoms with E-state index in [1.54, 1.807) is 20.1 Å². The second kappa shape index (κ2) is 10.3. The molecule has 0 spiro atoms. The van der Waals surface area contributed by atoms with Crippen molar-refractivity contribution < 1.29 is 17.9 Å². The van der Waals surface area contributed by atoms with E-state index >= 15 is 0 Å². The number of rotatable bonds is 9. The zero-order valence-corrected chi connectivity index (χ0v) is 14.9. The summed E-state index contributed by atoms with van der Waals surface area (Å²) in [4.78, 5) is 0.00924. The summed E-state index contributed by atoms with van der Waals surface area (Å²) in [6.07, 6.45) is 0.268. The molecule has 1 rings (SSSR count). The number of hydrogen-bond acceptors (Lipinski definition) is 5. The first kappa shape index (κ1) is 21.4. The largest absolute Gasteiger partial charge is 0.487 e. The molecule has 6 nitrogen and oxygen atoms in total. The molecule has 9 heteroatoms. The van der Waals surface area contributed by atoms with Gasteiger partial charge in [0.25, 0.3) is 0 Å². The summed E-state index contributed by atoms with van der Waals surface area (Å²) in [7, 11) is -2.15. The molecule has 0 radical (unpaired) electrons. The topological polar surface area (TPSA) is 90.6 Å². The standard InChI is InChI=1S/C13H21ClN2O4S.ClH/c1-10(9-19-2)20-12-5-4-11(14)8-13(12)21(17,18)16-7-3-6-15;/h4-5,8,10,16H,3,6-7,9,15H2,1-2H3;1H. The lowest BCUT2D eigenvalue weighted by Gasteiger charge is -2.17. The van der Waals surface area contributed by atoms with E-state index in [2.05, 4.69) is 4.72 Å². The molecule has 1 unspecified atom stereocenters. The van der Waals surface area contributed by atoms with Crippen LogP contribution in [0.25, 0.3) is 0 Å². The summed E-state index contributed by atoms with van der Waals surface area (Å²) in [5, 5.41) is 0.320. The molecule has 0 saturated carbocycles. The third kappa shape index (κ3) is 6.68. The van der Waals surface area contributed by atoms with E-state index in [4.69, 9.17) is 26.8 Å². The molecule has 1 aromatic rings. The van der Waals surface area contributed by atoms with Gasteiger partial charge in [0.15, 0.2) is 0 Å². The molecule has 22 heavy (non-hydrogen) atoms. The van der Waals surface area contributed by atoms with Gasteiger partial charge in [-0.2, -0.15) is 0 Å². The molecule has 0 aliphatic carbocycles. The van der Waals surface area contributed by atoms with Gasteiger partial charge in [0, 0.05) is 18.7 Å². The molecule has 0 aromatic heterocycles. The number of nitrogens with one attached hydrogen (secondary N) is 1. The Balaban J connectivity index is 0.00000441. The maximum absolute atomic E-state index is 12.3. The Labute approximate surface area is 142 Å². The number of benzene rings is 1. The highest BCUT2D eigenvalue weighted by atomic mass is 35.5. The first-order chi connectivity index (χ1) is 9.90. The smallest absolute Gasteiger partial charge is 0.244 e. The van der Waals surface area contributed by atoms with Gasteiger partial charge in [0.2, 0.25) is 10.0 Å². The van der Waals surface area contributed by atoms with Crippen LogP contribution >= 0.6 is 24.0 Å². The molecule has 0 aliphatic heterocycles. The summed E-state index contributed by atoms with van der Waals surface area (Å²) < 4.78 is 37.6. The molecular weight excluding hydrogens is 351 g/mol. The highest BCUT2D eigenvalue weighted by Gasteiger charge is 2.21. The Morgan fingerprint density at radius 2 is 2.09 bits per heavy atom. The maximum atomic E-state index is 12.3. The Bertz CT molecular complexity index is 555. The van der Waals surface area contributed by atoms with Crippen LogP contribution in [0.3, 0.4) is 0 Å². The van der Waals surface area contributed by atoms with Gasteiger partial charge in [-0.15, -0.1) is 12.4 Å². The van der Waals surface area contributed by atoms with Crippen LogP contribution in [0.5, 0.6) is 5.75 Å². The zero-order valence-electron chi connectivity index (χ0n) is 12.5. The van der Waals surface area contributed by atoms with Gasteiger partial charge in [0.05, 0.1) is 6.61 Å². The third-order valence-corrected chi connectivity index (χ3v) is 4.32. The van der Waals surface area contributed by atoms with Gasteiger partial charge >= 0.3 is 0 Å². The summed E-state index contributed by atoms with van der Waals surface area (Å²) in [6, 6.07) is 4.47. The fourth-order valence-electron chi connectivity index (χ4n) is 1.66. The van der Waals surface area contributed by atoms with Crippen LogP contribution in [-0.4, -0.2) is 41.3 Å². The first-order valence-electron chi connectivity index (χ1n) is 6.55. The number of methoxy groups -OCH3 is 1. The van der Waals surface area contributed by atoms with Gasteiger partial charge in [-0.3, -0.25) is 0 Å². The van der Waals surface area contributed by atoms with Crippen LogP contribution in [0.15, 0.2) is 23.1 Å². The van der Waals surface area contributed by atoms with Gasteiger partial charge in [-0.05, 0) is 38.1 Å². The lowest BCUT2D eigenvalue weighted by atomic mass is 10.3.